The van der Waals surface area contributed by atoms with Gasteiger partial charge in [-0.3, -0.25) is 0 Å². The molecule has 0 unspecified atom stereocenters. The van der Waals surface area contributed by atoms with Crippen molar-refractivity contribution in [1.29, 1.82) is 0 Å². The topological polar surface area (TPSA) is 73.9 Å². The Hall–Kier alpha value is -2.45. The number of hydrogen-bond donors (Lipinski definition) is 1. The number of rotatable bonds is 8. The van der Waals surface area contributed by atoms with Crippen LogP contribution in [0.5, 0.6) is 5.75 Å². The lowest BCUT2D eigenvalue weighted by atomic mass is 10.1. The third-order valence-electron chi connectivity index (χ3n) is 3.09. The molecule has 0 aliphatic carbocycles. The average Bonchev–Trinajstić information content (AvgIpc) is 2.55. The van der Waals surface area contributed by atoms with Crippen LogP contribution in [0.4, 0.5) is 18.0 Å². The zero-order valence-electron chi connectivity index (χ0n) is 15.8. The fraction of sp³-hybridized carbons (Fsp3) is 0.556. The second-order valence-electron chi connectivity index (χ2n) is 6.63. The lowest BCUT2D eigenvalue weighted by Crippen LogP contribution is -2.34. The number of nitrogens with one attached hydrogen (secondary N) is 1. The summed E-state index contributed by atoms with van der Waals surface area (Å²) in [5, 5.41) is 2.38. The number of carbonyl (C=O) groups is 2. The molecule has 0 aromatic heterocycles. The van der Waals surface area contributed by atoms with Crippen molar-refractivity contribution in [3.63, 3.8) is 0 Å². The van der Waals surface area contributed by atoms with Crippen LogP contribution in [-0.4, -0.2) is 37.4 Å². The first-order chi connectivity index (χ1) is 12.6. The molecule has 0 aliphatic rings. The van der Waals surface area contributed by atoms with Crippen LogP contribution in [0.1, 0.15) is 50.9 Å². The van der Waals surface area contributed by atoms with Crippen molar-refractivity contribution in [2.45, 2.75) is 46.1 Å². The number of carbonyl (C=O) groups excluding carboxylic acids is 2. The first-order valence-corrected chi connectivity index (χ1v) is 8.51. The van der Waals surface area contributed by atoms with Crippen LogP contribution in [-0.2, 0) is 9.47 Å². The van der Waals surface area contributed by atoms with Crippen LogP contribution in [0.25, 0.3) is 0 Å². The van der Waals surface area contributed by atoms with E-state index < -0.39 is 46.4 Å². The summed E-state index contributed by atoms with van der Waals surface area (Å²) >= 11 is 0. The number of amides is 1. The van der Waals surface area contributed by atoms with Crippen molar-refractivity contribution in [3.05, 3.63) is 29.1 Å². The number of unbranched alkanes of at least 4 members (excludes halogenated alkanes) is 1. The lowest BCUT2D eigenvalue weighted by molar-refractivity contribution is 0.0478. The minimum atomic E-state index is -1.79. The van der Waals surface area contributed by atoms with Gasteiger partial charge in [0.2, 0.25) is 0 Å². The molecule has 27 heavy (non-hydrogen) atoms. The molecule has 0 atom stereocenters. The number of benzene rings is 1. The molecule has 9 heteroatoms. The van der Waals surface area contributed by atoms with Gasteiger partial charge < -0.3 is 19.5 Å². The number of ether oxygens (including phenoxy) is 3. The molecular formula is C18H24F3NO5. The molecule has 152 valence electrons. The molecule has 0 bridgehead atoms. The van der Waals surface area contributed by atoms with Crippen molar-refractivity contribution in [2.75, 3.05) is 19.8 Å². The molecular weight excluding hydrogens is 367 g/mol. The smallest absolute Gasteiger partial charge is 0.407 e. The predicted molar refractivity (Wildman–Crippen MR) is 91.2 cm³/mol. The maximum absolute atomic E-state index is 14.0. The Morgan fingerprint density at radius 3 is 2.37 bits per heavy atom. The van der Waals surface area contributed by atoms with Crippen molar-refractivity contribution in [2.24, 2.45) is 0 Å². The second-order valence-corrected chi connectivity index (χ2v) is 6.63. The summed E-state index contributed by atoms with van der Waals surface area (Å²) in [6.45, 7) is 6.61. The van der Waals surface area contributed by atoms with Gasteiger partial charge in [0.05, 0.1) is 13.2 Å². The van der Waals surface area contributed by atoms with Crippen LogP contribution < -0.4 is 10.1 Å². The summed E-state index contributed by atoms with van der Waals surface area (Å²) < 4.78 is 56.0. The molecule has 6 nitrogen and oxygen atoms in total. The van der Waals surface area contributed by atoms with E-state index in [1.807, 2.05) is 6.92 Å². The number of alkyl carbamates (subject to hydrolysis) is 1. The van der Waals surface area contributed by atoms with E-state index >= 15 is 0 Å². The molecule has 1 amide bonds. The highest BCUT2D eigenvalue weighted by Gasteiger charge is 2.26. The number of hydrogen-bond acceptors (Lipinski definition) is 5. The number of esters is 1. The standard InChI is InChI=1S/C18H24F3NO5/c1-5-6-8-26-16(23)13-12(10-11(19)14(20)15(13)21)25-9-7-22-17(24)27-18(2,3)4/h10H,5-9H2,1-4H3,(H,22,24). The Bertz CT molecular complexity index is 674. The Kier molecular flexibility index (Phi) is 8.39. The summed E-state index contributed by atoms with van der Waals surface area (Å²) in [6, 6.07) is 0.558. The highest BCUT2D eigenvalue weighted by Crippen LogP contribution is 2.27. The van der Waals surface area contributed by atoms with Gasteiger partial charge in [0.1, 0.15) is 23.5 Å². The second kappa shape index (κ2) is 10.0. The van der Waals surface area contributed by atoms with Crippen LogP contribution in [0.3, 0.4) is 0 Å². The molecule has 0 fully saturated rings. The van der Waals surface area contributed by atoms with Crippen LogP contribution in [0.15, 0.2) is 6.07 Å². The summed E-state index contributed by atoms with van der Waals surface area (Å²) in [6.07, 6.45) is 0.557. The Labute approximate surface area is 156 Å². The highest BCUT2D eigenvalue weighted by atomic mass is 19.2. The monoisotopic (exact) mass is 391 g/mol. The molecule has 0 saturated heterocycles. The summed E-state index contributed by atoms with van der Waals surface area (Å²) in [4.78, 5) is 23.5. The molecule has 0 radical (unpaired) electrons. The maximum atomic E-state index is 14.0. The molecule has 1 aromatic rings. The zero-order valence-corrected chi connectivity index (χ0v) is 15.8. The molecule has 0 saturated carbocycles. The maximum Gasteiger partial charge on any atom is 0.407 e. The van der Waals surface area contributed by atoms with E-state index in [0.29, 0.717) is 12.5 Å². The van der Waals surface area contributed by atoms with Crippen LogP contribution in [0.2, 0.25) is 0 Å². The van der Waals surface area contributed by atoms with Gasteiger partial charge in [-0.2, -0.15) is 0 Å². The van der Waals surface area contributed by atoms with Gasteiger partial charge in [0.25, 0.3) is 0 Å². The van der Waals surface area contributed by atoms with E-state index in [1.54, 1.807) is 20.8 Å². The van der Waals surface area contributed by atoms with Crippen molar-refractivity contribution in [1.82, 2.24) is 5.32 Å². The quantitative estimate of drug-likeness (QED) is 0.412. The van der Waals surface area contributed by atoms with Crippen LogP contribution >= 0.6 is 0 Å². The average molecular weight is 391 g/mol. The molecule has 1 N–H and O–H groups in total. The fourth-order valence-electron chi connectivity index (χ4n) is 1.89. The Balaban J connectivity index is 2.78. The minimum Gasteiger partial charge on any atom is -0.491 e. The van der Waals surface area contributed by atoms with Gasteiger partial charge in [-0.15, -0.1) is 0 Å². The molecule has 0 heterocycles. The Morgan fingerprint density at radius 2 is 1.78 bits per heavy atom. The summed E-state index contributed by atoms with van der Waals surface area (Å²) in [5.41, 5.74) is -1.52. The van der Waals surface area contributed by atoms with Gasteiger partial charge >= 0.3 is 12.1 Å². The summed E-state index contributed by atoms with van der Waals surface area (Å²) in [5.74, 6) is -6.66. The molecule has 0 aliphatic heterocycles. The fourth-order valence-corrected chi connectivity index (χ4v) is 1.89. The zero-order chi connectivity index (χ0) is 20.6. The van der Waals surface area contributed by atoms with Gasteiger partial charge in [0.15, 0.2) is 17.5 Å². The third kappa shape index (κ3) is 7.36. The van der Waals surface area contributed by atoms with Crippen LogP contribution in [0, 0.1) is 17.5 Å². The van der Waals surface area contributed by atoms with E-state index in [-0.39, 0.29) is 19.8 Å². The third-order valence-corrected chi connectivity index (χ3v) is 3.09. The first-order valence-electron chi connectivity index (χ1n) is 8.51. The number of halogens is 3. The van der Waals surface area contributed by atoms with Gasteiger partial charge in [-0.1, -0.05) is 13.3 Å². The van der Waals surface area contributed by atoms with Gasteiger partial charge in [0, 0.05) is 6.07 Å². The molecule has 0 spiro atoms. The Morgan fingerprint density at radius 1 is 1.11 bits per heavy atom. The van der Waals surface area contributed by atoms with Gasteiger partial charge in [-0.25, -0.2) is 22.8 Å². The minimum absolute atomic E-state index is 0.00735. The van der Waals surface area contributed by atoms with E-state index in [4.69, 9.17) is 14.2 Å². The predicted octanol–water partition coefficient (Wildman–Crippen LogP) is 3.96. The van der Waals surface area contributed by atoms with E-state index in [0.717, 1.165) is 6.42 Å². The first kappa shape index (κ1) is 22.6. The highest BCUT2D eigenvalue weighted by molar-refractivity contribution is 5.92. The van der Waals surface area contributed by atoms with Crippen molar-refractivity contribution < 1.29 is 37.0 Å². The largest absolute Gasteiger partial charge is 0.491 e. The van der Waals surface area contributed by atoms with Crippen molar-refractivity contribution in [3.8, 4) is 5.75 Å². The normalized spacial score (nSPS) is 11.1. The van der Waals surface area contributed by atoms with E-state index in [9.17, 15) is 22.8 Å². The lowest BCUT2D eigenvalue weighted by Gasteiger charge is -2.19. The van der Waals surface area contributed by atoms with Crippen molar-refractivity contribution >= 4 is 12.1 Å². The molecule has 1 aromatic carbocycles. The SMILES string of the molecule is CCCCOC(=O)c1c(OCCNC(=O)OC(C)(C)C)cc(F)c(F)c1F. The van der Waals surface area contributed by atoms with Gasteiger partial charge in [-0.05, 0) is 27.2 Å². The van der Waals surface area contributed by atoms with E-state index in [2.05, 4.69) is 5.32 Å². The summed E-state index contributed by atoms with van der Waals surface area (Å²) in [7, 11) is 0. The molecule has 1 rings (SSSR count). The van der Waals surface area contributed by atoms with E-state index in [1.165, 1.54) is 0 Å².